The van der Waals surface area contributed by atoms with Crippen molar-refractivity contribution >= 4 is 11.9 Å². The number of hydrogen-bond acceptors (Lipinski definition) is 5. The Morgan fingerprint density at radius 3 is 1.85 bits per heavy atom. The number of aromatic carboxylic acids is 1. The van der Waals surface area contributed by atoms with Gasteiger partial charge in [-0.05, 0) is 48.9 Å². The normalized spacial score (nSPS) is 11.4. The molecule has 0 aliphatic carbocycles. The molecule has 2 aromatic carbocycles. The molecule has 0 saturated carbocycles. The fraction of sp³-hybridized carbons (Fsp3) is 0.263. The summed E-state index contributed by atoms with van der Waals surface area (Å²) in [7, 11) is 4.56. The number of benzene rings is 2. The molecule has 0 fully saturated rings. The number of carbonyl (C=O) groups is 2. The van der Waals surface area contributed by atoms with E-state index >= 15 is 0 Å². The van der Waals surface area contributed by atoms with Crippen LogP contribution in [0.5, 0.6) is 17.2 Å². The highest BCUT2D eigenvalue weighted by Crippen LogP contribution is 2.39. The van der Waals surface area contributed by atoms with Crippen molar-refractivity contribution in [3.63, 3.8) is 0 Å². The Labute approximate surface area is 151 Å². The molecule has 26 heavy (non-hydrogen) atoms. The second kappa shape index (κ2) is 8.24. The predicted octanol–water partition coefficient (Wildman–Crippen LogP) is 2.90. The largest absolute Gasteiger partial charge is 0.493 e. The smallest absolute Gasteiger partial charge is 0.335 e. The van der Waals surface area contributed by atoms with E-state index < -0.39 is 5.97 Å². The lowest BCUT2D eigenvalue weighted by Gasteiger charge is -2.19. The molecule has 2 aromatic rings. The second-order valence-corrected chi connectivity index (χ2v) is 5.54. The summed E-state index contributed by atoms with van der Waals surface area (Å²) in [5.74, 6) is 0.106. The van der Waals surface area contributed by atoms with Crippen LogP contribution >= 0.6 is 0 Å². The van der Waals surface area contributed by atoms with Crippen molar-refractivity contribution in [1.82, 2.24) is 5.32 Å². The van der Waals surface area contributed by atoms with Crippen LogP contribution in [-0.2, 0) is 0 Å². The molecule has 1 unspecified atom stereocenters. The van der Waals surface area contributed by atoms with E-state index in [9.17, 15) is 9.59 Å². The fourth-order valence-electron chi connectivity index (χ4n) is 2.48. The number of hydrogen-bond donors (Lipinski definition) is 2. The van der Waals surface area contributed by atoms with Crippen LogP contribution in [0.1, 0.15) is 39.2 Å². The minimum absolute atomic E-state index is 0.124. The molecule has 0 heterocycles. The highest BCUT2D eigenvalue weighted by molar-refractivity contribution is 5.96. The quantitative estimate of drug-likeness (QED) is 0.789. The highest BCUT2D eigenvalue weighted by Gasteiger charge is 2.18. The van der Waals surface area contributed by atoms with Gasteiger partial charge in [0.25, 0.3) is 5.91 Å². The number of nitrogens with one attached hydrogen (secondary N) is 1. The number of methoxy groups -OCH3 is 3. The number of amides is 1. The molecule has 0 radical (unpaired) electrons. The molecule has 2 N–H and O–H groups in total. The van der Waals surface area contributed by atoms with Gasteiger partial charge in [-0.3, -0.25) is 4.79 Å². The van der Waals surface area contributed by atoms with Crippen molar-refractivity contribution in [2.75, 3.05) is 21.3 Å². The molecule has 1 amide bonds. The van der Waals surface area contributed by atoms with E-state index in [2.05, 4.69) is 5.32 Å². The van der Waals surface area contributed by atoms with Crippen LogP contribution in [0.15, 0.2) is 36.4 Å². The second-order valence-electron chi connectivity index (χ2n) is 5.54. The first-order valence-electron chi connectivity index (χ1n) is 7.85. The van der Waals surface area contributed by atoms with Crippen LogP contribution in [0.25, 0.3) is 0 Å². The van der Waals surface area contributed by atoms with Gasteiger partial charge in [0, 0.05) is 5.56 Å². The van der Waals surface area contributed by atoms with E-state index in [0.29, 0.717) is 22.8 Å². The lowest BCUT2D eigenvalue weighted by Crippen LogP contribution is -2.26. The monoisotopic (exact) mass is 359 g/mol. The summed E-state index contributed by atoms with van der Waals surface area (Å²) in [6.45, 7) is 1.82. The Morgan fingerprint density at radius 1 is 0.923 bits per heavy atom. The molecule has 2 rings (SSSR count). The molecule has 7 nitrogen and oxygen atoms in total. The summed E-state index contributed by atoms with van der Waals surface area (Å²) in [5.41, 5.74) is 1.27. The topological polar surface area (TPSA) is 94.1 Å². The van der Waals surface area contributed by atoms with E-state index in [1.54, 1.807) is 12.1 Å². The Balaban J connectivity index is 2.22. The summed E-state index contributed by atoms with van der Waals surface area (Å²) in [5, 5.41) is 11.8. The fourth-order valence-corrected chi connectivity index (χ4v) is 2.48. The maximum Gasteiger partial charge on any atom is 0.335 e. The van der Waals surface area contributed by atoms with Crippen molar-refractivity contribution in [1.29, 1.82) is 0 Å². The maximum absolute atomic E-state index is 12.4. The summed E-state index contributed by atoms with van der Waals surface area (Å²) in [6, 6.07) is 8.92. The van der Waals surface area contributed by atoms with Crippen LogP contribution in [0.3, 0.4) is 0 Å². The van der Waals surface area contributed by atoms with Crippen molar-refractivity contribution in [2.45, 2.75) is 13.0 Å². The van der Waals surface area contributed by atoms with E-state index in [1.165, 1.54) is 45.6 Å². The highest BCUT2D eigenvalue weighted by atomic mass is 16.5. The van der Waals surface area contributed by atoms with Gasteiger partial charge in [-0.2, -0.15) is 0 Å². The summed E-state index contributed by atoms with van der Waals surface area (Å²) in [6.07, 6.45) is 0. The number of carboxylic acid groups (broad SMARTS) is 1. The average molecular weight is 359 g/mol. The third kappa shape index (κ3) is 4.05. The van der Waals surface area contributed by atoms with E-state index in [-0.39, 0.29) is 17.5 Å². The molecule has 0 bridgehead atoms. The Bertz CT molecular complexity index is 775. The molecule has 0 saturated heterocycles. The SMILES string of the molecule is COc1cc(C(C)NC(=O)c2ccc(C(=O)O)cc2)cc(OC)c1OC. The van der Waals surface area contributed by atoms with Crippen LogP contribution in [0.2, 0.25) is 0 Å². The Morgan fingerprint density at radius 2 is 1.42 bits per heavy atom. The zero-order chi connectivity index (χ0) is 19.3. The van der Waals surface area contributed by atoms with Gasteiger partial charge in [-0.1, -0.05) is 0 Å². The number of ether oxygens (including phenoxy) is 3. The van der Waals surface area contributed by atoms with Crippen LogP contribution < -0.4 is 19.5 Å². The van der Waals surface area contributed by atoms with E-state index in [1.807, 2.05) is 6.92 Å². The lowest BCUT2D eigenvalue weighted by atomic mass is 10.1. The molecule has 0 aliphatic rings. The van der Waals surface area contributed by atoms with E-state index in [0.717, 1.165) is 5.56 Å². The van der Waals surface area contributed by atoms with Crippen LogP contribution in [0, 0.1) is 0 Å². The minimum atomic E-state index is -1.04. The first-order chi connectivity index (χ1) is 12.4. The van der Waals surface area contributed by atoms with Crippen LogP contribution in [0.4, 0.5) is 0 Å². The minimum Gasteiger partial charge on any atom is -0.493 e. The summed E-state index contributed by atoms with van der Waals surface area (Å²) < 4.78 is 15.9. The molecule has 7 heteroatoms. The maximum atomic E-state index is 12.4. The van der Waals surface area contributed by atoms with Gasteiger partial charge >= 0.3 is 5.97 Å². The van der Waals surface area contributed by atoms with Crippen LogP contribution in [-0.4, -0.2) is 38.3 Å². The molecule has 0 spiro atoms. The van der Waals surface area contributed by atoms with Crippen molar-refractivity contribution < 1.29 is 28.9 Å². The zero-order valence-electron chi connectivity index (χ0n) is 15.0. The molecule has 0 aromatic heterocycles. The first-order valence-corrected chi connectivity index (χ1v) is 7.85. The Hall–Kier alpha value is -3.22. The number of carbonyl (C=O) groups excluding carboxylic acids is 1. The lowest BCUT2D eigenvalue weighted by molar-refractivity contribution is 0.0696. The van der Waals surface area contributed by atoms with Gasteiger partial charge in [-0.25, -0.2) is 4.79 Å². The predicted molar refractivity (Wildman–Crippen MR) is 95.4 cm³/mol. The third-order valence-electron chi connectivity index (χ3n) is 3.93. The molecule has 0 aliphatic heterocycles. The van der Waals surface area contributed by atoms with Gasteiger partial charge in [0.05, 0.1) is 32.9 Å². The number of rotatable bonds is 7. The Kier molecular flexibility index (Phi) is 6.06. The van der Waals surface area contributed by atoms with Gasteiger partial charge in [0.15, 0.2) is 11.5 Å². The van der Waals surface area contributed by atoms with Crippen molar-refractivity contribution in [2.24, 2.45) is 0 Å². The first kappa shape index (κ1) is 19.1. The molecular weight excluding hydrogens is 338 g/mol. The summed E-state index contributed by atoms with van der Waals surface area (Å²) >= 11 is 0. The van der Waals surface area contributed by atoms with Crippen molar-refractivity contribution in [3.8, 4) is 17.2 Å². The number of carboxylic acids is 1. The average Bonchev–Trinajstić information content (AvgIpc) is 2.66. The summed E-state index contributed by atoms with van der Waals surface area (Å²) in [4.78, 5) is 23.3. The van der Waals surface area contributed by atoms with Gasteiger partial charge in [-0.15, -0.1) is 0 Å². The van der Waals surface area contributed by atoms with Crippen molar-refractivity contribution in [3.05, 3.63) is 53.1 Å². The van der Waals surface area contributed by atoms with Gasteiger partial charge < -0.3 is 24.6 Å². The third-order valence-corrected chi connectivity index (χ3v) is 3.93. The van der Waals surface area contributed by atoms with E-state index in [4.69, 9.17) is 19.3 Å². The van der Waals surface area contributed by atoms with Gasteiger partial charge in [0.2, 0.25) is 5.75 Å². The molecule has 138 valence electrons. The standard InChI is InChI=1S/C19H21NO6/c1-11(14-9-15(24-2)17(26-4)16(10-14)25-3)20-18(21)12-5-7-13(8-6-12)19(22)23/h5-11H,1-4H3,(H,20,21)(H,22,23). The zero-order valence-corrected chi connectivity index (χ0v) is 15.0. The molecular formula is C19H21NO6. The van der Waals surface area contributed by atoms with Gasteiger partial charge in [0.1, 0.15) is 0 Å². The molecule has 1 atom stereocenters.